The van der Waals surface area contributed by atoms with E-state index in [1.807, 2.05) is 74.4 Å². The van der Waals surface area contributed by atoms with Crippen molar-refractivity contribution in [3.8, 4) is 0 Å². The van der Waals surface area contributed by atoms with Crippen molar-refractivity contribution in [2.45, 2.75) is 64.6 Å². The highest BCUT2D eigenvalue weighted by Crippen LogP contribution is 2.44. The Labute approximate surface area is 205 Å². The van der Waals surface area contributed by atoms with Gasteiger partial charge in [0.05, 0.1) is 12.0 Å². The molecule has 0 aliphatic carbocycles. The SMILES string of the molecule is Cc1ccc(N2C(=O)CC(C(=O)N3CCC(NC(=O)OC(C)(C)C)CC3)C2c2cccs2)cc1. The predicted molar refractivity (Wildman–Crippen MR) is 133 cm³/mol. The Kier molecular flexibility index (Phi) is 6.98. The summed E-state index contributed by atoms with van der Waals surface area (Å²) in [6, 6.07) is 11.5. The standard InChI is InChI=1S/C26H33N3O4S/c1-17-7-9-19(10-8-17)29-22(30)16-20(23(29)21-6-5-15-34-21)24(31)28-13-11-18(12-14-28)27-25(32)33-26(2,3)4/h5-10,15,18,20,23H,11-14,16H2,1-4H3,(H,27,32). The number of nitrogens with one attached hydrogen (secondary N) is 1. The molecule has 1 aromatic carbocycles. The number of benzene rings is 1. The van der Waals surface area contributed by atoms with Crippen molar-refractivity contribution >= 4 is 34.9 Å². The second-order valence-electron chi connectivity index (χ2n) is 10.1. The van der Waals surface area contributed by atoms with Gasteiger partial charge in [-0.1, -0.05) is 23.8 Å². The van der Waals surface area contributed by atoms with Crippen molar-refractivity contribution < 1.29 is 19.1 Å². The van der Waals surface area contributed by atoms with Crippen LogP contribution in [0.15, 0.2) is 41.8 Å². The van der Waals surface area contributed by atoms with E-state index in [0.29, 0.717) is 25.9 Å². The molecule has 3 amide bonds. The molecule has 34 heavy (non-hydrogen) atoms. The number of carbonyl (C=O) groups excluding carboxylic acids is 3. The number of nitrogens with zero attached hydrogens (tertiary/aromatic N) is 2. The molecule has 0 radical (unpaired) electrons. The molecule has 182 valence electrons. The Hall–Kier alpha value is -2.87. The Morgan fingerprint density at radius 1 is 1.09 bits per heavy atom. The second kappa shape index (κ2) is 9.78. The topological polar surface area (TPSA) is 79.0 Å². The van der Waals surface area contributed by atoms with E-state index in [9.17, 15) is 14.4 Å². The number of hydrogen-bond donors (Lipinski definition) is 1. The van der Waals surface area contributed by atoms with Crippen LogP contribution < -0.4 is 10.2 Å². The quantitative estimate of drug-likeness (QED) is 0.686. The van der Waals surface area contributed by atoms with E-state index in [-0.39, 0.29) is 30.3 Å². The molecule has 0 bridgehead atoms. The van der Waals surface area contributed by atoms with Gasteiger partial charge in [-0.3, -0.25) is 9.59 Å². The lowest BCUT2D eigenvalue weighted by Crippen LogP contribution is -2.49. The Balaban J connectivity index is 1.46. The first kappa shape index (κ1) is 24.3. The van der Waals surface area contributed by atoms with E-state index in [2.05, 4.69) is 5.32 Å². The molecule has 0 spiro atoms. The third-order valence-corrected chi connectivity index (χ3v) is 7.26. The van der Waals surface area contributed by atoms with Crippen LogP contribution in [0, 0.1) is 12.8 Å². The van der Waals surface area contributed by atoms with Crippen LogP contribution in [0.4, 0.5) is 10.5 Å². The maximum absolute atomic E-state index is 13.6. The Bertz CT molecular complexity index is 1020. The smallest absolute Gasteiger partial charge is 0.407 e. The highest BCUT2D eigenvalue weighted by molar-refractivity contribution is 7.10. The molecule has 2 unspecified atom stereocenters. The molecule has 2 aromatic rings. The van der Waals surface area contributed by atoms with E-state index in [1.54, 1.807) is 16.2 Å². The number of carbonyl (C=O) groups is 3. The summed E-state index contributed by atoms with van der Waals surface area (Å²) >= 11 is 1.58. The summed E-state index contributed by atoms with van der Waals surface area (Å²) in [6.07, 6.45) is 1.10. The summed E-state index contributed by atoms with van der Waals surface area (Å²) in [6.45, 7) is 8.61. The van der Waals surface area contributed by atoms with Crippen LogP contribution in [-0.4, -0.2) is 47.5 Å². The van der Waals surface area contributed by atoms with Crippen molar-refractivity contribution in [2.24, 2.45) is 5.92 Å². The minimum Gasteiger partial charge on any atom is -0.444 e. The van der Waals surface area contributed by atoms with Crippen LogP contribution in [0.2, 0.25) is 0 Å². The Morgan fingerprint density at radius 2 is 1.76 bits per heavy atom. The van der Waals surface area contributed by atoms with Gasteiger partial charge in [0.25, 0.3) is 0 Å². The monoisotopic (exact) mass is 483 g/mol. The zero-order valence-electron chi connectivity index (χ0n) is 20.2. The first-order chi connectivity index (χ1) is 16.1. The maximum Gasteiger partial charge on any atom is 0.407 e. The van der Waals surface area contributed by atoms with Crippen LogP contribution in [0.5, 0.6) is 0 Å². The summed E-state index contributed by atoms with van der Waals surface area (Å²) in [4.78, 5) is 43.6. The summed E-state index contributed by atoms with van der Waals surface area (Å²) < 4.78 is 5.35. The van der Waals surface area contributed by atoms with Gasteiger partial charge in [-0.25, -0.2) is 4.79 Å². The molecule has 0 saturated carbocycles. The van der Waals surface area contributed by atoms with Crippen LogP contribution >= 0.6 is 11.3 Å². The number of amides is 3. The molecule has 2 aliphatic rings. The van der Waals surface area contributed by atoms with Gasteiger partial charge < -0.3 is 19.9 Å². The lowest BCUT2D eigenvalue weighted by Gasteiger charge is -2.35. The normalized spacial score (nSPS) is 21.6. The number of likely N-dealkylation sites (tertiary alicyclic amines) is 1. The molecular weight excluding hydrogens is 450 g/mol. The fourth-order valence-electron chi connectivity index (χ4n) is 4.70. The third-order valence-electron chi connectivity index (χ3n) is 6.31. The average Bonchev–Trinajstić information content (AvgIpc) is 3.41. The van der Waals surface area contributed by atoms with E-state index >= 15 is 0 Å². The van der Waals surface area contributed by atoms with Gasteiger partial charge in [-0.2, -0.15) is 0 Å². The average molecular weight is 484 g/mol. The second-order valence-corrected chi connectivity index (χ2v) is 11.1. The lowest BCUT2D eigenvalue weighted by atomic mass is 9.95. The number of thiophene rings is 1. The molecule has 2 aliphatic heterocycles. The number of ether oxygens (including phenoxy) is 1. The highest BCUT2D eigenvalue weighted by Gasteiger charge is 2.47. The minimum atomic E-state index is -0.546. The molecule has 2 fully saturated rings. The van der Waals surface area contributed by atoms with Gasteiger partial charge in [0, 0.05) is 36.1 Å². The molecule has 7 nitrogen and oxygen atoms in total. The summed E-state index contributed by atoms with van der Waals surface area (Å²) in [7, 11) is 0. The zero-order chi connectivity index (χ0) is 24.5. The van der Waals surface area contributed by atoms with E-state index in [4.69, 9.17) is 4.74 Å². The van der Waals surface area contributed by atoms with Gasteiger partial charge in [-0.05, 0) is 64.1 Å². The number of rotatable bonds is 4. The molecule has 3 heterocycles. The third kappa shape index (κ3) is 5.43. The van der Waals surface area contributed by atoms with Crippen LogP contribution in [0.25, 0.3) is 0 Å². The fourth-order valence-corrected chi connectivity index (χ4v) is 5.58. The summed E-state index contributed by atoms with van der Waals surface area (Å²) in [5, 5.41) is 4.90. The van der Waals surface area contributed by atoms with Crippen LogP contribution in [-0.2, 0) is 14.3 Å². The van der Waals surface area contributed by atoms with E-state index in [0.717, 1.165) is 16.1 Å². The predicted octanol–water partition coefficient (Wildman–Crippen LogP) is 4.67. The van der Waals surface area contributed by atoms with Gasteiger partial charge >= 0.3 is 6.09 Å². The number of aryl methyl sites for hydroxylation is 1. The number of anilines is 1. The zero-order valence-corrected chi connectivity index (χ0v) is 21.1. The van der Waals surface area contributed by atoms with Gasteiger partial charge in [0.2, 0.25) is 11.8 Å². The molecule has 4 rings (SSSR count). The Morgan fingerprint density at radius 3 is 2.35 bits per heavy atom. The first-order valence-electron chi connectivity index (χ1n) is 11.8. The highest BCUT2D eigenvalue weighted by atomic mass is 32.1. The van der Waals surface area contributed by atoms with Crippen molar-refractivity contribution in [3.63, 3.8) is 0 Å². The molecule has 2 saturated heterocycles. The molecular formula is C26H33N3O4S. The fraction of sp³-hybridized carbons (Fsp3) is 0.500. The number of piperidine rings is 1. The largest absolute Gasteiger partial charge is 0.444 e. The van der Waals surface area contributed by atoms with Crippen molar-refractivity contribution in [3.05, 3.63) is 52.2 Å². The van der Waals surface area contributed by atoms with Crippen LogP contribution in [0.3, 0.4) is 0 Å². The lowest BCUT2D eigenvalue weighted by molar-refractivity contribution is -0.137. The molecule has 1 aromatic heterocycles. The van der Waals surface area contributed by atoms with Crippen molar-refractivity contribution in [1.29, 1.82) is 0 Å². The molecule has 2 atom stereocenters. The van der Waals surface area contributed by atoms with Gasteiger partial charge in [0.1, 0.15) is 5.60 Å². The molecule has 8 heteroatoms. The summed E-state index contributed by atoms with van der Waals surface area (Å²) in [5.41, 5.74) is 1.40. The van der Waals surface area contributed by atoms with Gasteiger partial charge in [-0.15, -0.1) is 11.3 Å². The molecule has 1 N–H and O–H groups in total. The van der Waals surface area contributed by atoms with E-state index in [1.165, 1.54) is 0 Å². The number of hydrogen-bond acceptors (Lipinski definition) is 5. The first-order valence-corrected chi connectivity index (χ1v) is 12.7. The van der Waals surface area contributed by atoms with E-state index < -0.39 is 17.6 Å². The van der Waals surface area contributed by atoms with Crippen molar-refractivity contribution in [2.75, 3.05) is 18.0 Å². The van der Waals surface area contributed by atoms with Crippen molar-refractivity contribution in [1.82, 2.24) is 10.2 Å². The van der Waals surface area contributed by atoms with Crippen LogP contribution in [0.1, 0.15) is 56.5 Å². The van der Waals surface area contributed by atoms with Gasteiger partial charge in [0.15, 0.2) is 0 Å². The summed E-state index contributed by atoms with van der Waals surface area (Å²) in [5.74, 6) is -0.443. The number of alkyl carbamates (subject to hydrolysis) is 1. The minimum absolute atomic E-state index is 0.0112. The maximum atomic E-state index is 13.6.